The summed E-state index contributed by atoms with van der Waals surface area (Å²) in [5.74, 6) is 2.56. The number of methoxy groups -OCH3 is 1. The summed E-state index contributed by atoms with van der Waals surface area (Å²) < 4.78 is 13.2. The van der Waals surface area contributed by atoms with Crippen molar-refractivity contribution in [3.63, 3.8) is 0 Å². The van der Waals surface area contributed by atoms with Crippen molar-refractivity contribution in [2.45, 2.75) is 25.8 Å². The van der Waals surface area contributed by atoms with Crippen LogP contribution in [0.4, 0.5) is 0 Å². The molecule has 26 heavy (non-hydrogen) atoms. The minimum absolute atomic E-state index is 0.725. The van der Waals surface area contributed by atoms with E-state index in [1.807, 2.05) is 36.7 Å². The maximum Gasteiger partial charge on any atom is 0.151 e. The molecule has 6 heteroatoms. The van der Waals surface area contributed by atoms with Crippen LogP contribution in [-0.4, -0.2) is 34.9 Å². The molecule has 0 bridgehead atoms. The summed E-state index contributed by atoms with van der Waals surface area (Å²) >= 11 is 1.65. The van der Waals surface area contributed by atoms with E-state index in [1.54, 1.807) is 18.4 Å². The number of nitrogens with zero attached hydrogens (tertiary/aromatic N) is 3. The molecule has 1 aliphatic rings. The fourth-order valence-corrected chi connectivity index (χ4v) is 4.36. The Morgan fingerprint density at radius 3 is 3.08 bits per heavy atom. The third-order valence-electron chi connectivity index (χ3n) is 4.81. The first-order valence-corrected chi connectivity index (χ1v) is 9.85. The zero-order chi connectivity index (χ0) is 17.8. The predicted molar refractivity (Wildman–Crippen MR) is 103 cm³/mol. The van der Waals surface area contributed by atoms with Gasteiger partial charge in [-0.15, -0.1) is 11.3 Å². The van der Waals surface area contributed by atoms with Crippen LogP contribution in [0.3, 0.4) is 0 Å². The van der Waals surface area contributed by atoms with Crippen LogP contribution in [0.25, 0.3) is 21.3 Å². The lowest BCUT2D eigenvalue weighted by Crippen LogP contribution is -2.04. The van der Waals surface area contributed by atoms with Crippen LogP contribution in [0.1, 0.15) is 19.3 Å². The molecule has 4 rings (SSSR count). The van der Waals surface area contributed by atoms with E-state index in [1.165, 1.54) is 12.8 Å². The zero-order valence-electron chi connectivity index (χ0n) is 14.9. The van der Waals surface area contributed by atoms with Crippen LogP contribution in [-0.2, 0) is 11.3 Å². The van der Waals surface area contributed by atoms with E-state index in [4.69, 9.17) is 9.47 Å². The second-order valence-corrected chi connectivity index (χ2v) is 7.58. The number of imidazole rings is 1. The van der Waals surface area contributed by atoms with Gasteiger partial charge in [0.2, 0.25) is 0 Å². The number of ether oxygens (including phenoxy) is 2. The fourth-order valence-electron chi connectivity index (χ4n) is 3.40. The number of hydrogen-bond donors (Lipinski definition) is 0. The smallest absolute Gasteiger partial charge is 0.151 e. The molecular formula is C20H23N3O2S. The lowest BCUT2D eigenvalue weighted by atomic mass is 10.0. The quantitative estimate of drug-likeness (QED) is 0.615. The molecule has 2 aromatic heterocycles. The molecule has 0 amide bonds. The van der Waals surface area contributed by atoms with Crippen molar-refractivity contribution in [3.8, 4) is 27.0 Å². The lowest BCUT2D eigenvalue weighted by molar-refractivity contribution is 0.183. The van der Waals surface area contributed by atoms with Crippen molar-refractivity contribution < 1.29 is 9.47 Å². The van der Waals surface area contributed by atoms with Gasteiger partial charge in [-0.05, 0) is 37.3 Å². The molecule has 1 fully saturated rings. The Morgan fingerprint density at radius 2 is 2.23 bits per heavy atom. The van der Waals surface area contributed by atoms with Crippen molar-refractivity contribution in [1.82, 2.24) is 14.5 Å². The highest BCUT2D eigenvalue weighted by molar-refractivity contribution is 7.18. The number of aromatic nitrogens is 3. The molecular weight excluding hydrogens is 346 g/mol. The van der Waals surface area contributed by atoms with Gasteiger partial charge < -0.3 is 14.0 Å². The van der Waals surface area contributed by atoms with Gasteiger partial charge in [0, 0.05) is 38.3 Å². The van der Waals surface area contributed by atoms with E-state index in [0.29, 0.717) is 0 Å². The summed E-state index contributed by atoms with van der Waals surface area (Å²) in [6.45, 7) is 2.83. The number of aryl methyl sites for hydroxylation is 1. The summed E-state index contributed by atoms with van der Waals surface area (Å²) in [7, 11) is 1.69. The van der Waals surface area contributed by atoms with Crippen molar-refractivity contribution in [2.75, 3.05) is 20.3 Å². The number of hydrogen-bond acceptors (Lipinski definition) is 5. The zero-order valence-corrected chi connectivity index (χ0v) is 15.7. The number of para-hydroxylation sites is 1. The molecule has 0 radical (unpaired) electrons. The van der Waals surface area contributed by atoms with Crippen LogP contribution in [0.2, 0.25) is 0 Å². The summed E-state index contributed by atoms with van der Waals surface area (Å²) in [6.07, 6.45) is 9.41. The van der Waals surface area contributed by atoms with Crippen LogP contribution >= 0.6 is 11.3 Å². The van der Waals surface area contributed by atoms with Crippen molar-refractivity contribution in [2.24, 2.45) is 5.92 Å². The molecule has 3 aromatic rings. The van der Waals surface area contributed by atoms with Crippen LogP contribution in [0.5, 0.6) is 5.75 Å². The van der Waals surface area contributed by atoms with Gasteiger partial charge in [-0.25, -0.2) is 9.97 Å². The maximum absolute atomic E-state index is 5.47. The fraction of sp³-hybridized carbons (Fsp3) is 0.400. The molecule has 0 aliphatic carbocycles. The first kappa shape index (κ1) is 17.2. The first-order chi connectivity index (χ1) is 12.8. The number of benzene rings is 1. The second-order valence-electron chi connectivity index (χ2n) is 6.55. The van der Waals surface area contributed by atoms with Crippen LogP contribution in [0, 0.1) is 5.92 Å². The minimum atomic E-state index is 0.725. The van der Waals surface area contributed by atoms with E-state index in [-0.39, 0.29) is 0 Å². The molecule has 3 heterocycles. The first-order valence-electron chi connectivity index (χ1n) is 9.03. The molecule has 1 atom stereocenters. The van der Waals surface area contributed by atoms with Gasteiger partial charge in [0.15, 0.2) is 5.82 Å². The Bertz CT molecular complexity index is 852. The summed E-state index contributed by atoms with van der Waals surface area (Å²) in [5.41, 5.74) is 1.02. The average Bonchev–Trinajstić information content (AvgIpc) is 3.43. The van der Waals surface area contributed by atoms with Gasteiger partial charge in [0.1, 0.15) is 10.8 Å². The van der Waals surface area contributed by atoms with Gasteiger partial charge in [0.25, 0.3) is 0 Å². The van der Waals surface area contributed by atoms with E-state index < -0.39 is 0 Å². The predicted octanol–water partition coefficient (Wildman–Crippen LogP) is 4.50. The van der Waals surface area contributed by atoms with Crippen LogP contribution < -0.4 is 4.74 Å². The van der Waals surface area contributed by atoms with Gasteiger partial charge in [-0.2, -0.15) is 0 Å². The molecule has 0 N–H and O–H groups in total. The maximum atomic E-state index is 5.47. The normalized spacial score (nSPS) is 16.9. The number of thiazole rings is 1. The van der Waals surface area contributed by atoms with E-state index in [9.17, 15) is 0 Å². The Kier molecular flexibility index (Phi) is 5.32. The third-order valence-corrected chi connectivity index (χ3v) is 5.84. The molecule has 1 aliphatic heterocycles. The van der Waals surface area contributed by atoms with E-state index >= 15 is 0 Å². The second kappa shape index (κ2) is 8.01. The summed E-state index contributed by atoms with van der Waals surface area (Å²) in [5, 5.41) is 0.954. The van der Waals surface area contributed by atoms with E-state index in [0.717, 1.165) is 59.1 Å². The molecule has 0 saturated carbocycles. The molecule has 1 unspecified atom stereocenters. The molecule has 1 aromatic carbocycles. The van der Waals surface area contributed by atoms with Crippen molar-refractivity contribution in [3.05, 3.63) is 42.9 Å². The molecule has 0 spiro atoms. The monoisotopic (exact) mass is 369 g/mol. The Morgan fingerprint density at radius 1 is 1.31 bits per heavy atom. The average molecular weight is 369 g/mol. The Labute approximate surface area is 157 Å². The molecule has 136 valence electrons. The Hall–Kier alpha value is -2.18. The van der Waals surface area contributed by atoms with Crippen molar-refractivity contribution >= 4 is 11.3 Å². The van der Waals surface area contributed by atoms with Crippen molar-refractivity contribution in [1.29, 1.82) is 0 Å². The SMILES string of the molecule is COc1ccccc1-c1ncc(-c2nccn2CCCC2CCOC2)s1. The summed E-state index contributed by atoms with van der Waals surface area (Å²) in [6, 6.07) is 7.98. The van der Waals surface area contributed by atoms with Gasteiger partial charge in [0.05, 0.1) is 17.6 Å². The standard InChI is InChI=1S/C20H23N3O2S/c1-24-17-7-3-2-6-16(17)20-22-13-18(26-20)19-21-9-11-23(19)10-4-5-15-8-12-25-14-15/h2-3,6-7,9,11,13,15H,4-5,8,10,12,14H2,1H3. The summed E-state index contributed by atoms with van der Waals surface area (Å²) in [4.78, 5) is 10.3. The lowest BCUT2D eigenvalue weighted by Gasteiger charge is -2.09. The van der Waals surface area contributed by atoms with E-state index in [2.05, 4.69) is 20.7 Å². The minimum Gasteiger partial charge on any atom is -0.496 e. The van der Waals surface area contributed by atoms with Gasteiger partial charge in [-0.3, -0.25) is 0 Å². The Balaban J connectivity index is 1.48. The van der Waals surface area contributed by atoms with Gasteiger partial charge in [-0.1, -0.05) is 12.1 Å². The largest absolute Gasteiger partial charge is 0.496 e. The van der Waals surface area contributed by atoms with Crippen LogP contribution in [0.15, 0.2) is 42.9 Å². The topological polar surface area (TPSA) is 49.2 Å². The highest BCUT2D eigenvalue weighted by Gasteiger charge is 2.16. The van der Waals surface area contributed by atoms with Gasteiger partial charge >= 0.3 is 0 Å². The molecule has 5 nitrogen and oxygen atoms in total. The molecule has 1 saturated heterocycles. The highest BCUT2D eigenvalue weighted by Crippen LogP contribution is 2.36. The third kappa shape index (κ3) is 3.66. The number of rotatable bonds is 7. The highest BCUT2D eigenvalue weighted by atomic mass is 32.1.